The molecule has 0 saturated carbocycles. The smallest absolute Gasteiger partial charge is 0.191 e. The summed E-state index contributed by atoms with van der Waals surface area (Å²) in [6, 6.07) is 12.9. The number of morpholine rings is 1. The van der Waals surface area contributed by atoms with Crippen LogP contribution in [0.3, 0.4) is 0 Å². The lowest BCUT2D eigenvalue weighted by Gasteiger charge is -2.31. The van der Waals surface area contributed by atoms with Gasteiger partial charge < -0.3 is 19.9 Å². The number of rotatable bonds is 8. The molecule has 152 valence electrons. The maximum absolute atomic E-state index is 5.64. The van der Waals surface area contributed by atoms with Gasteiger partial charge in [-0.1, -0.05) is 24.3 Å². The lowest BCUT2D eigenvalue weighted by atomic mass is 10.1. The third-order valence-corrected chi connectivity index (χ3v) is 4.82. The highest BCUT2D eigenvalue weighted by molar-refractivity contribution is 5.79. The number of hydrogen-bond donors (Lipinski definition) is 2. The fourth-order valence-corrected chi connectivity index (χ4v) is 3.45. The molecule has 1 atom stereocenters. The number of nitrogens with zero attached hydrogens (tertiary/aromatic N) is 3. The Bertz CT molecular complexity index is 728. The van der Waals surface area contributed by atoms with Gasteiger partial charge in [0.05, 0.1) is 19.3 Å². The van der Waals surface area contributed by atoms with Crippen molar-refractivity contribution in [1.82, 2.24) is 20.1 Å². The van der Waals surface area contributed by atoms with Crippen molar-refractivity contribution in [3.63, 3.8) is 0 Å². The summed E-state index contributed by atoms with van der Waals surface area (Å²) in [4.78, 5) is 7.22. The summed E-state index contributed by atoms with van der Waals surface area (Å²) in [7, 11) is 0. The van der Waals surface area contributed by atoms with Gasteiger partial charge in [0.1, 0.15) is 0 Å². The molecule has 1 aliphatic rings. The van der Waals surface area contributed by atoms with Crippen molar-refractivity contribution >= 4 is 5.96 Å². The highest BCUT2D eigenvalue weighted by Crippen LogP contribution is 2.12. The standard InChI is InChI=1S/C22H33N5O/c1-3-23-22(24-9-12-26-10-4-5-11-26)25-16-20-7-6-8-21(15-20)18-27-13-14-28-19(2)17-27/h4-8,10-11,15,19H,3,9,12-14,16-18H2,1-2H3,(H2,23,24,25). The fourth-order valence-electron chi connectivity index (χ4n) is 3.45. The molecule has 2 N–H and O–H groups in total. The van der Waals surface area contributed by atoms with Crippen molar-refractivity contribution in [2.24, 2.45) is 4.99 Å². The maximum atomic E-state index is 5.64. The van der Waals surface area contributed by atoms with Crippen molar-refractivity contribution in [2.45, 2.75) is 39.6 Å². The molecule has 1 aromatic heterocycles. The van der Waals surface area contributed by atoms with E-state index < -0.39 is 0 Å². The number of guanidine groups is 1. The van der Waals surface area contributed by atoms with Crippen LogP contribution in [-0.4, -0.2) is 54.3 Å². The molecule has 0 aliphatic carbocycles. The van der Waals surface area contributed by atoms with Crippen LogP contribution in [0.4, 0.5) is 0 Å². The summed E-state index contributed by atoms with van der Waals surface area (Å²) in [5.41, 5.74) is 2.58. The second-order valence-corrected chi connectivity index (χ2v) is 7.28. The highest BCUT2D eigenvalue weighted by Gasteiger charge is 2.16. The second-order valence-electron chi connectivity index (χ2n) is 7.28. The van der Waals surface area contributed by atoms with E-state index in [0.29, 0.717) is 12.6 Å². The van der Waals surface area contributed by atoms with Gasteiger partial charge in [-0.2, -0.15) is 0 Å². The van der Waals surface area contributed by atoms with E-state index in [2.05, 4.69) is 70.6 Å². The van der Waals surface area contributed by atoms with Crippen LogP contribution in [0, 0.1) is 0 Å². The number of benzene rings is 1. The van der Waals surface area contributed by atoms with Crippen molar-refractivity contribution in [3.05, 3.63) is 59.9 Å². The Hall–Kier alpha value is -2.31. The summed E-state index contributed by atoms with van der Waals surface area (Å²) >= 11 is 0. The van der Waals surface area contributed by atoms with E-state index in [1.807, 2.05) is 12.1 Å². The molecule has 1 saturated heterocycles. The molecule has 3 rings (SSSR count). The van der Waals surface area contributed by atoms with Gasteiger partial charge in [0, 0.05) is 51.7 Å². The lowest BCUT2D eigenvalue weighted by Crippen LogP contribution is -2.40. The monoisotopic (exact) mass is 383 g/mol. The molecule has 1 unspecified atom stereocenters. The molecule has 28 heavy (non-hydrogen) atoms. The van der Waals surface area contributed by atoms with Gasteiger partial charge in [0.15, 0.2) is 5.96 Å². The van der Waals surface area contributed by atoms with Crippen LogP contribution < -0.4 is 10.6 Å². The van der Waals surface area contributed by atoms with Crippen molar-refractivity contribution in [2.75, 3.05) is 32.8 Å². The molecule has 1 aromatic carbocycles. The van der Waals surface area contributed by atoms with Gasteiger partial charge in [-0.3, -0.25) is 4.90 Å². The van der Waals surface area contributed by atoms with E-state index in [1.54, 1.807) is 0 Å². The maximum Gasteiger partial charge on any atom is 0.191 e. The van der Waals surface area contributed by atoms with E-state index >= 15 is 0 Å². The number of hydrogen-bond acceptors (Lipinski definition) is 3. The van der Waals surface area contributed by atoms with Crippen LogP contribution in [0.2, 0.25) is 0 Å². The Morgan fingerprint density at radius 2 is 2.00 bits per heavy atom. The molecule has 0 amide bonds. The molecular weight excluding hydrogens is 350 g/mol. The van der Waals surface area contributed by atoms with Gasteiger partial charge >= 0.3 is 0 Å². The van der Waals surface area contributed by atoms with E-state index in [9.17, 15) is 0 Å². The summed E-state index contributed by atoms with van der Waals surface area (Å²) in [6.45, 7) is 11.3. The first-order chi connectivity index (χ1) is 13.7. The molecule has 2 heterocycles. The molecule has 0 spiro atoms. The van der Waals surface area contributed by atoms with E-state index in [-0.39, 0.29) is 0 Å². The minimum atomic E-state index is 0.321. The zero-order chi connectivity index (χ0) is 19.6. The average molecular weight is 384 g/mol. The number of ether oxygens (including phenoxy) is 1. The highest BCUT2D eigenvalue weighted by atomic mass is 16.5. The van der Waals surface area contributed by atoms with Crippen molar-refractivity contribution < 1.29 is 4.74 Å². The number of aromatic nitrogens is 1. The van der Waals surface area contributed by atoms with Crippen LogP contribution in [0.1, 0.15) is 25.0 Å². The van der Waals surface area contributed by atoms with E-state index in [4.69, 9.17) is 9.73 Å². The number of nitrogens with one attached hydrogen (secondary N) is 2. The van der Waals surface area contributed by atoms with Gasteiger partial charge in [0.25, 0.3) is 0 Å². The molecule has 0 bridgehead atoms. The van der Waals surface area contributed by atoms with Crippen LogP contribution in [0.25, 0.3) is 0 Å². The minimum absolute atomic E-state index is 0.321. The summed E-state index contributed by atoms with van der Waals surface area (Å²) in [5.74, 6) is 0.863. The van der Waals surface area contributed by atoms with Gasteiger partial charge in [-0.15, -0.1) is 0 Å². The Morgan fingerprint density at radius 3 is 2.79 bits per heavy atom. The third-order valence-electron chi connectivity index (χ3n) is 4.82. The van der Waals surface area contributed by atoms with Crippen LogP contribution in [0.5, 0.6) is 0 Å². The predicted molar refractivity (Wildman–Crippen MR) is 114 cm³/mol. The Labute approximate surface area is 168 Å². The second kappa shape index (κ2) is 10.9. The first-order valence-electron chi connectivity index (χ1n) is 10.3. The van der Waals surface area contributed by atoms with Crippen molar-refractivity contribution in [1.29, 1.82) is 0 Å². The molecule has 1 aliphatic heterocycles. The van der Waals surface area contributed by atoms with Crippen LogP contribution >= 0.6 is 0 Å². The zero-order valence-electron chi connectivity index (χ0n) is 17.1. The molecule has 6 heteroatoms. The first kappa shape index (κ1) is 20.4. The van der Waals surface area contributed by atoms with Gasteiger partial charge in [-0.25, -0.2) is 4.99 Å². The molecule has 2 aromatic rings. The van der Waals surface area contributed by atoms with Crippen molar-refractivity contribution in [3.8, 4) is 0 Å². The Kier molecular flexibility index (Phi) is 7.94. The van der Waals surface area contributed by atoms with Crippen LogP contribution in [0.15, 0.2) is 53.8 Å². The SMILES string of the molecule is CCNC(=NCc1cccc(CN2CCOC(C)C2)c1)NCCn1cccc1. The molecule has 0 radical (unpaired) electrons. The predicted octanol–water partition coefficient (Wildman–Crippen LogP) is 2.46. The molecule has 1 fully saturated rings. The topological polar surface area (TPSA) is 53.8 Å². The zero-order valence-corrected chi connectivity index (χ0v) is 17.1. The minimum Gasteiger partial charge on any atom is -0.376 e. The average Bonchev–Trinajstić information content (AvgIpc) is 3.20. The normalized spacial score (nSPS) is 18.2. The fraction of sp³-hybridized carbons (Fsp3) is 0.500. The number of aliphatic imine (C=N–C) groups is 1. The summed E-state index contributed by atoms with van der Waals surface area (Å²) < 4.78 is 7.80. The van der Waals surface area contributed by atoms with Gasteiger partial charge in [-0.05, 0) is 37.1 Å². The van der Waals surface area contributed by atoms with Crippen LogP contribution in [-0.2, 0) is 24.4 Å². The Morgan fingerprint density at radius 1 is 1.18 bits per heavy atom. The summed E-state index contributed by atoms with van der Waals surface area (Å²) in [5, 5.41) is 6.74. The van der Waals surface area contributed by atoms with Gasteiger partial charge in [0.2, 0.25) is 0 Å². The van der Waals surface area contributed by atoms with E-state index in [1.165, 1.54) is 11.1 Å². The third kappa shape index (κ3) is 6.69. The largest absolute Gasteiger partial charge is 0.376 e. The Balaban J connectivity index is 1.52. The first-order valence-corrected chi connectivity index (χ1v) is 10.3. The lowest BCUT2D eigenvalue weighted by molar-refractivity contribution is -0.0212. The molecule has 6 nitrogen and oxygen atoms in total. The summed E-state index contributed by atoms with van der Waals surface area (Å²) in [6.07, 6.45) is 4.47. The quantitative estimate of drug-likeness (QED) is 0.543. The molecular formula is C22H33N5O. The van der Waals surface area contributed by atoms with E-state index in [0.717, 1.165) is 51.8 Å².